The predicted molar refractivity (Wildman–Crippen MR) is 80.9 cm³/mol. The second kappa shape index (κ2) is 6.57. The number of nitrogens with zero attached hydrogens (tertiary/aromatic N) is 2. The minimum absolute atomic E-state index is 0.0520. The summed E-state index contributed by atoms with van der Waals surface area (Å²) in [7, 11) is 1.98. The molecule has 1 heterocycles. The molecule has 0 fully saturated rings. The van der Waals surface area contributed by atoms with Crippen molar-refractivity contribution in [2.45, 2.75) is 32.9 Å². The lowest BCUT2D eigenvalue weighted by atomic mass is 10.0. The highest BCUT2D eigenvalue weighted by Crippen LogP contribution is 2.29. The van der Waals surface area contributed by atoms with Gasteiger partial charge in [0, 0.05) is 18.8 Å². The maximum atomic E-state index is 5.93. The fourth-order valence-electron chi connectivity index (χ4n) is 2.24. The van der Waals surface area contributed by atoms with Crippen molar-refractivity contribution in [2.75, 3.05) is 6.54 Å². The summed E-state index contributed by atoms with van der Waals surface area (Å²) in [5.41, 5.74) is 2.14. The van der Waals surface area contributed by atoms with E-state index in [-0.39, 0.29) is 12.1 Å². The molecule has 0 saturated heterocycles. The summed E-state index contributed by atoms with van der Waals surface area (Å²) in [6, 6.07) is 8.21. The van der Waals surface area contributed by atoms with E-state index in [9.17, 15) is 0 Å². The summed E-state index contributed by atoms with van der Waals surface area (Å²) < 4.78 is 7.89. The minimum atomic E-state index is 0.0520. The zero-order chi connectivity index (χ0) is 14.5. The van der Waals surface area contributed by atoms with E-state index in [4.69, 9.17) is 4.74 Å². The first-order valence-electron chi connectivity index (χ1n) is 7.08. The van der Waals surface area contributed by atoms with Crippen molar-refractivity contribution in [3.05, 3.63) is 48.0 Å². The molecule has 0 amide bonds. The standard InChI is InChI=1S/C16H23N3O/c1-5-17-16(14-10-19(4)11-18-14)13-8-6-7-9-15(13)20-12(2)3/h6-12,16-17H,5H2,1-4H3. The largest absolute Gasteiger partial charge is 0.491 e. The molecule has 20 heavy (non-hydrogen) atoms. The van der Waals surface area contributed by atoms with Gasteiger partial charge in [0.15, 0.2) is 0 Å². The lowest BCUT2D eigenvalue weighted by molar-refractivity contribution is 0.238. The molecule has 2 rings (SSSR count). The van der Waals surface area contributed by atoms with Gasteiger partial charge in [0.05, 0.1) is 24.2 Å². The average molecular weight is 273 g/mol. The van der Waals surface area contributed by atoms with Crippen LogP contribution in [0.25, 0.3) is 0 Å². The Morgan fingerprint density at radius 2 is 2.05 bits per heavy atom. The Kier molecular flexibility index (Phi) is 4.79. The number of para-hydroxylation sites is 1. The van der Waals surface area contributed by atoms with Gasteiger partial charge in [0.1, 0.15) is 5.75 Å². The summed E-state index contributed by atoms with van der Waals surface area (Å²) in [6.07, 6.45) is 4.02. The molecule has 1 unspecified atom stereocenters. The molecule has 0 bridgehead atoms. The Morgan fingerprint density at radius 3 is 2.65 bits per heavy atom. The second-order valence-corrected chi connectivity index (χ2v) is 5.16. The number of nitrogens with one attached hydrogen (secondary N) is 1. The van der Waals surface area contributed by atoms with Crippen molar-refractivity contribution >= 4 is 0 Å². The van der Waals surface area contributed by atoms with Gasteiger partial charge in [-0.25, -0.2) is 4.98 Å². The molecular weight excluding hydrogens is 250 g/mol. The van der Waals surface area contributed by atoms with Gasteiger partial charge >= 0.3 is 0 Å². The van der Waals surface area contributed by atoms with Crippen LogP contribution in [0.4, 0.5) is 0 Å². The van der Waals surface area contributed by atoms with Crippen LogP contribution in [-0.4, -0.2) is 22.2 Å². The summed E-state index contributed by atoms with van der Waals surface area (Å²) in [5.74, 6) is 0.916. The normalized spacial score (nSPS) is 12.7. The first kappa shape index (κ1) is 14.6. The zero-order valence-electron chi connectivity index (χ0n) is 12.6. The topological polar surface area (TPSA) is 39.1 Å². The highest BCUT2D eigenvalue weighted by molar-refractivity contribution is 5.39. The molecule has 1 aromatic heterocycles. The summed E-state index contributed by atoms with van der Waals surface area (Å²) in [5, 5.41) is 3.49. The molecule has 1 aromatic carbocycles. The Labute approximate surface area is 120 Å². The van der Waals surface area contributed by atoms with Crippen LogP contribution in [0.15, 0.2) is 36.8 Å². The summed E-state index contributed by atoms with van der Waals surface area (Å²) >= 11 is 0. The predicted octanol–water partition coefficient (Wildman–Crippen LogP) is 2.91. The van der Waals surface area contributed by atoms with Crippen molar-refractivity contribution in [3.63, 3.8) is 0 Å². The third-order valence-corrected chi connectivity index (χ3v) is 3.02. The summed E-state index contributed by atoms with van der Waals surface area (Å²) in [6.45, 7) is 7.05. The van der Waals surface area contributed by atoms with Crippen LogP contribution in [0.3, 0.4) is 0 Å². The van der Waals surface area contributed by atoms with Crippen LogP contribution in [-0.2, 0) is 7.05 Å². The SMILES string of the molecule is CCNC(c1cn(C)cn1)c1ccccc1OC(C)C. The smallest absolute Gasteiger partial charge is 0.124 e. The molecule has 108 valence electrons. The quantitative estimate of drug-likeness (QED) is 0.879. The van der Waals surface area contributed by atoms with Crippen LogP contribution in [0.5, 0.6) is 5.75 Å². The Bertz CT molecular complexity index is 548. The van der Waals surface area contributed by atoms with E-state index in [1.165, 1.54) is 0 Å². The van der Waals surface area contributed by atoms with Crippen LogP contribution < -0.4 is 10.1 Å². The third-order valence-electron chi connectivity index (χ3n) is 3.02. The van der Waals surface area contributed by atoms with Crippen LogP contribution in [0.1, 0.15) is 38.1 Å². The van der Waals surface area contributed by atoms with Gasteiger partial charge in [-0.05, 0) is 26.5 Å². The molecule has 0 spiro atoms. The van der Waals surface area contributed by atoms with Crippen molar-refractivity contribution in [2.24, 2.45) is 7.05 Å². The van der Waals surface area contributed by atoms with Gasteiger partial charge < -0.3 is 14.6 Å². The van der Waals surface area contributed by atoms with Gasteiger partial charge in [0.25, 0.3) is 0 Å². The first-order chi connectivity index (χ1) is 9.61. The van der Waals surface area contributed by atoms with Crippen molar-refractivity contribution in [1.82, 2.24) is 14.9 Å². The average Bonchev–Trinajstić information content (AvgIpc) is 2.83. The second-order valence-electron chi connectivity index (χ2n) is 5.16. The molecule has 1 N–H and O–H groups in total. The number of aryl methyl sites for hydroxylation is 1. The van der Waals surface area contributed by atoms with Gasteiger partial charge in [0.2, 0.25) is 0 Å². The third kappa shape index (κ3) is 3.39. The summed E-state index contributed by atoms with van der Waals surface area (Å²) in [4.78, 5) is 4.48. The van der Waals surface area contributed by atoms with Gasteiger partial charge in [-0.2, -0.15) is 0 Å². The maximum Gasteiger partial charge on any atom is 0.124 e. The Hall–Kier alpha value is -1.81. The lowest BCUT2D eigenvalue weighted by Gasteiger charge is -2.21. The van der Waals surface area contributed by atoms with E-state index in [1.807, 2.05) is 56.2 Å². The first-order valence-corrected chi connectivity index (χ1v) is 7.08. The van der Waals surface area contributed by atoms with Crippen LogP contribution in [0.2, 0.25) is 0 Å². The molecule has 2 aromatic rings. The Balaban J connectivity index is 2.38. The Morgan fingerprint density at radius 1 is 1.30 bits per heavy atom. The van der Waals surface area contributed by atoms with E-state index >= 15 is 0 Å². The van der Waals surface area contributed by atoms with Gasteiger partial charge in [-0.3, -0.25) is 0 Å². The van der Waals surface area contributed by atoms with Crippen molar-refractivity contribution in [3.8, 4) is 5.75 Å². The van der Waals surface area contributed by atoms with Crippen LogP contribution >= 0.6 is 0 Å². The molecular formula is C16H23N3O. The fraction of sp³-hybridized carbons (Fsp3) is 0.438. The number of ether oxygens (including phenoxy) is 1. The number of hydrogen-bond acceptors (Lipinski definition) is 3. The van der Waals surface area contributed by atoms with Crippen LogP contribution in [0, 0.1) is 0 Å². The molecule has 0 aliphatic carbocycles. The maximum absolute atomic E-state index is 5.93. The molecule has 0 saturated carbocycles. The van der Waals surface area contributed by atoms with Crippen molar-refractivity contribution in [1.29, 1.82) is 0 Å². The number of aromatic nitrogens is 2. The van der Waals surface area contributed by atoms with Crippen molar-refractivity contribution < 1.29 is 4.74 Å². The van der Waals surface area contributed by atoms with Gasteiger partial charge in [-0.15, -0.1) is 0 Å². The monoisotopic (exact) mass is 273 g/mol. The molecule has 1 atom stereocenters. The lowest BCUT2D eigenvalue weighted by Crippen LogP contribution is -2.23. The molecule has 4 heteroatoms. The van der Waals surface area contributed by atoms with E-state index < -0.39 is 0 Å². The number of rotatable bonds is 6. The van der Waals surface area contributed by atoms with Gasteiger partial charge in [-0.1, -0.05) is 25.1 Å². The zero-order valence-corrected chi connectivity index (χ0v) is 12.6. The number of benzene rings is 1. The minimum Gasteiger partial charge on any atom is -0.491 e. The molecule has 0 aliphatic rings. The van der Waals surface area contributed by atoms with E-state index in [0.717, 1.165) is 23.6 Å². The fourth-order valence-corrected chi connectivity index (χ4v) is 2.24. The highest BCUT2D eigenvalue weighted by Gasteiger charge is 2.19. The molecule has 0 aliphatic heterocycles. The van der Waals surface area contributed by atoms with E-state index in [0.29, 0.717) is 0 Å². The van der Waals surface area contributed by atoms with E-state index in [1.54, 1.807) is 0 Å². The number of imidazole rings is 1. The molecule has 0 radical (unpaired) electrons. The number of hydrogen-bond donors (Lipinski definition) is 1. The van der Waals surface area contributed by atoms with E-state index in [2.05, 4.69) is 23.3 Å². The molecule has 4 nitrogen and oxygen atoms in total. The highest BCUT2D eigenvalue weighted by atomic mass is 16.5.